The van der Waals surface area contributed by atoms with Gasteiger partial charge in [-0.25, -0.2) is 4.79 Å². The largest absolute Gasteiger partial charge is 0.464 e. The van der Waals surface area contributed by atoms with Gasteiger partial charge < -0.3 is 10.1 Å². The summed E-state index contributed by atoms with van der Waals surface area (Å²) in [6.07, 6.45) is 3.59. The molecule has 0 spiro atoms. The van der Waals surface area contributed by atoms with Crippen molar-refractivity contribution >= 4 is 11.7 Å². The molecule has 0 aromatic heterocycles. The smallest absolute Gasteiger partial charge is 0.331 e. The van der Waals surface area contributed by atoms with Crippen molar-refractivity contribution < 1.29 is 9.53 Å². The van der Waals surface area contributed by atoms with Crippen molar-refractivity contribution in [2.75, 3.05) is 11.9 Å². The van der Waals surface area contributed by atoms with Crippen LogP contribution in [0, 0.1) is 6.92 Å². The first kappa shape index (κ1) is 16.5. The van der Waals surface area contributed by atoms with Crippen molar-refractivity contribution in [1.82, 2.24) is 0 Å². The van der Waals surface area contributed by atoms with E-state index in [9.17, 15) is 4.79 Å². The van der Waals surface area contributed by atoms with Gasteiger partial charge in [-0.15, -0.1) is 0 Å². The Morgan fingerprint density at radius 2 is 2.05 bits per heavy atom. The third-order valence-corrected chi connectivity index (χ3v) is 3.63. The van der Waals surface area contributed by atoms with Crippen LogP contribution in [-0.2, 0) is 9.53 Å². The molecule has 3 nitrogen and oxygen atoms in total. The SMILES string of the molecule is CCCCC(CC)(Nc1cccc(C)c1)C(=O)OCC. The van der Waals surface area contributed by atoms with Gasteiger partial charge in [-0.1, -0.05) is 38.8 Å². The summed E-state index contributed by atoms with van der Waals surface area (Å²) in [6.45, 7) is 8.50. The Morgan fingerprint density at radius 1 is 1.30 bits per heavy atom. The lowest BCUT2D eigenvalue weighted by atomic mass is 9.89. The molecule has 0 saturated carbocycles. The van der Waals surface area contributed by atoms with E-state index in [1.807, 2.05) is 26.0 Å². The fourth-order valence-electron chi connectivity index (χ4n) is 2.37. The van der Waals surface area contributed by atoms with Crippen LogP contribution in [0.5, 0.6) is 0 Å². The van der Waals surface area contributed by atoms with Gasteiger partial charge in [0.05, 0.1) is 6.61 Å². The van der Waals surface area contributed by atoms with Crippen molar-refractivity contribution in [2.24, 2.45) is 0 Å². The van der Waals surface area contributed by atoms with E-state index in [1.54, 1.807) is 0 Å². The van der Waals surface area contributed by atoms with Gasteiger partial charge in [0.15, 0.2) is 0 Å². The summed E-state index contributed by atoms with van der Waals surface area (Å²) in [5.41, 5.74) is 1.55. The van der Waals surface area contributed by atoms with E-state index in [1.165, 1.54) is 5.56 Å². The maximum Gasteiger partial charge on any atom is 0.331 e. The molecule has 1 atom stereocenters. The summed E-state index contributed by atoms with van der Waals surface area (Å²) in [5.74, 6) is -0.141. The molecular weight excluding hydrogens is 250 g/mol. The quantitative estimate of drug-likeness (QED) is 0.720. The maximum atomic E-state index is 12.4. The average molecular weight is 277 g/mol. The molecule has 0 radical (unpaired) electrons. The van der Waals surface area contributed by atoms with Crippen molar-refractivity contribution in [3.8, 4) is 0 Å². The minimum Gasteiger partial charge on any atom is -0.464 e. The second-order valence-corrected chi connectivity index (χ2v) is 5.25. The van der Waals surface area contributed by atoms with Gasteiger partial charge in [-0.05, 0) is 44.4 Å². The van der Waals surface area contributed by atoms with E-state index in [2.05, 4.69) is 31.3 Å². The second-order valence-electron chi connectivity index (χ2n) is 5.25. The zero-order chi connectivity index (χ0) is 15.0. The van der Waals surface area contributed by atoms with E-state index >= 15 is 0 Å². The highest BCUT2D eigenvalue weighted by molar-refractivity contribution is 5.84. The van der Waals surface area contributed by atoms with E-state index in [0.717, 1.165) is 31.4 Å². The Balaban J connectivity index is 2.98. The van der Waals surface area contributed by atoms with Crippen LogP contribution in [-0.4, -0.2) is 18.1 Å². The number of anilines is 1. The summed E-state index contributed by atoms with van der Waals surface area (Å²) in [7, 11) is 0. The van der Waals surface area contributed by atoms with E-state index < -0.39 is 5.54 Å². The zero-order valence-electron chi connectivity index (χ0n) is 13.2. The number of carbonyl (C=O) groups excluding carboxylic acids is 1. The van der Waals surface area contributed by atoms with Crippen molar-refractivity contribution in [2.45, 2.75) is 58.9 Å². The number of aryl methyl sites for hydroxylation is 1. The predicted octanol–water partition coefficient (Wildman–Crippen LogP) is 4.31. The third-order valence-electron chi connectivity index (χ3n) is 3.63. The Labute approximate surface area is 122 Å². The maximum absolute atomic E-state index is 12.4. The number of ether oxygens (including phenoxy) is 1. The highest BCUT2D eigenvalue weighted by Crippen LogP contribution is 2.26. The fraction of sp³-hybridized carbons (Fsp3) is 0.588. The molecule has 20 heavy (non-hydrogen) atoms. The van der Waals surface area contributed by atoms with Gasteiger partial charge in [-0.2, -0.15) is 0 Å². The molecular formula is C17H27NO2. The topological polar surface area (TPSA) is 38.3 Å². The first-order chi connectivity index (χ1) is 9.57. The number of nitrogens with one attached hydrogen (secondary N) is 1. The first-order valence-corrected chi connectivity index (χ1v) is 7.60. The molecule has 1 aromatic carbocycles. The van der Waals surface area contributed by atoms with Crippen molar-refractivity contribution in [3.05, 3.63) is 29.8 Å². The van der Waals surface area contributed by atoms with Gasteiger partial charge in [-0.3, -0.25) is 0 Å². The third kappa shape index (κ3) is 4.26. The standard InChI is InChI=1S/C17H27NO2/c1-5-8-12-17(6-2,16(19)20-7-3)18-15-11-9-10-14(4)13-15/h9-11,13,18H,5-8,12H2,1-4H3. The molecule has 0 aliphatic heterocycles. The number of hydrogen-bond donors (Lipinski definition) is 1. The predicted molar refractivity (Wildman–Crippen MR) is 84.0 cm³/mol. The molecule has 0 aliphatic rings. The van der Waals surface area contributed by atoms with Crippen LogP contribution in [0.3, 0.4) is 0 Å². The highest BCUT2D eigenvalue weighted by atomic mass is 16.5. The molecule has 0 fully saturated rings. The van der Waals surface area contributed by atoms with Crippen LogP contribution in [0.25, 0.3) is 0 Å². The summed E-state index contributed by atoms with van der Waals surface area (Å²) in [6, 6.07) is 8.12. The summed E-state index contributed by atoms with van der Waals surface area (Å²) in [4.78, 5) is 12.4. The van der Waals surface area contributed by atoms with E-state index in [-0.39, 0.29) is 5.97 Å². The fourth-order valence-corrected chi connectivity index (χ4v) is 2.37. The van der Waals surface area contributed by atoms with Gasteiger partial charge in [0.1, 0.15) is 5.54 Å². The number of carbonyl (C=O) groups is 1. The number of unbranched alkanes of at least 4 members (excludes halogenated alkanes) is 1. The van der Waals surface area contributed by atoms with E-state index in [0.29, 0.717) is 6.61 Å². The number of rotatable bonds is 8. The molecule has 112 valence electrons. The van der Waals surface area contributed by atoms with Crippen LogP contribution in [0.1, 0.15) is 52.0 Å². The van der Waals surface area contributed by atoms with Gasteiger partial charge in [0, 0.05) is 5.69 Å². The van der Waals surface area contributed by atoms with Gasteiger partial charge >= 0.3 is 5.97 Å². The lowest BCUT2D eigenvalue weighted by Gasteiger charge is -2.32. The Kier molecular flexibility index (Phi) is 6.56. The van der Waals surface area contributed by atoms with Crippen LogP contribution in [0.4, 0.5) is 5.69 Å². The molecule has 0 aliphatic carbocycles. The summed E-state index contributed by atoms with van der Waals surface area (Å²) >= 11 is 0. The van der Waals surface area contributed by atoms with Crippen LogP contribution < -0.4 is 5.32 Å². The minimum atomic E-state index is -0.611. The summed E-state index contributed by atoms with van der Waals surface area (Å²) < 4.78 is 5.30. The van der Waals surface area contributed by atoms with Crippen LogP contribution in [0.15, 0.2) is 24.3 Å². The lowest BCUT2D eigenvalue weighted by Crippen LogP contribution is -2.47. The van der Waals surface area contributed by atoms with Crippen molar-refractivity contribution in [1.29, 1.82) is 0 Å². The molecule has 1 unspecified atom stereocenters. The first-order valence-electron chi connectivity index (χ1n) is 7.60. The normalized spacial score (nSPS) is 13.6. The zero-order valence-corrected chi connectivity index (χ0v) is 13.2. The average Bonchev–Trinajstić information content (AvgIpc) is 2.44. The highest BCUT2D eigenvalue weighted by Gasteiger charge is 2.37. The molecule has 1 rings (SSSR count). The molecule has 0 amide bonds. The van der Waals surface area contributed by atoms with Gasteiger partial charge in [0.25, 0.3) is 0 Å². The molecule has 0 saturated heterocycles. The van der Waals surface area contributed by atoms with Crippen molar-refractivity contribution in [3.63, 3.8) is 0 Å². The lowest BCUT2D eigenvalue weighted by molar-refractivity contribution is -0.149. The van der Waals surface area contributed by atoms with Gasteiger partial charge in [0.2, 0.25) is 0 Å². The summed E-state index contributed by atoms with van der Waals surface area (Å²) in [5, 5.41) is 3.43. The molecule has 1 aromatic rings. The second kappa shape index (κ2) is 7.93. The molecule has 0 heterocycles. The number of esters is 1. The van der Waals surface area contributed by atoms with Crippen LogP contribution >= 0.6 is 0 Å². The Bertz CT molecular complexity index is 431. The molecule has 0 bridgehead atoms. The molecule has 1 N–H and O–H groups in total. The molecule has 3 heteroatoms. The van der Waals surface area contributed by atoms with E-state index in [4.69, 9.17) is 4.74 Å². The Hall–Kier alpha value is -1.51. The Morgan fingerprint density at radius 3 is 2.60 bits per heavy atom. The number of hydrogen-bond acceptors (Lipinski definition) is 3. The monoisotopic (exact) mass is 277 g/mol. The van der Waals surface area contributed by atoms with Crippen LogP contribution in [0.2, 0.25) is 0 Å². The number of benzene rings is 1. The minimum absolute atomic E-state index is 0.141.